The topological polar surface area (TPSA) is 218 Å². The molecule has 336 valence electrons. The Morgan fingerprint density at radius 2 is 1.13 bits per heavy atom. The van der Waals surface area contributed by atoms with Crippen molar-refractivity contribution in [2.75, 3.05) is 0 Å². The van der Waals surface area contributed by atoms with E-state index >= 15 is 0 Å². The first kappa shape index (κ1) is 51.4. The van der Waals surface area contributed by atoms with E-state index in [-0.39, 0.29) is 50.1 Å². The third-order valence-corrected chi connectivity index (χ3v) is 13.9. The number of nitrogens with zero attached hydrogens (tertiary/aromatic N) is 6. The van der Waals surface area contributed by atoms with Gasteiger partial charge in [-0.1, -0.05) is 37.0 Å². The highest BCUT2D eigenvalue weighted by Crippen LogP contribution is 2.23. The number of carbonyl (C=O) groups excluding carboxylic acids is 2. The first-order valence-corrected chi connectivity index (χ1v) is 25.1. The largest absolute Gasteiger partial charge is 0.325 e. The first-order chi connectivity index (χ1) is 29.7. The molecule has 0 fully saturated rings. The highest BCUT2D eigenvalue weighted by atomic mass is 35.7. The number of hydrogen-bond acceptors (Lipinski definition) is 15. The van der Waals surface area contributed by atoms with E-state index in [0.29, 0.717) is 49.3 Å². The molecule has 6 aromatic rings. The summed E-state index contributed by atoms with van der Waals surface area (Å²) < 4.78 is 74.5. The van der Waals surface area contributed by atoms with E-state index in [2.05, 4.69) is 34.6 Å². The number of aryl methyl sites for hydroxylation is 6. The highest BCUT2D eigenvalue weighted by Gasteiger charge is 2.19. The number of aromatic nitrogens is 6. The fraction of sp³-hybridized carbons (Fsp3) is 0.300. The molecule has 0 radical (unpaired) electrons. The van der Waals surface area contributed by atoms with Crippen LogP contribution in [0.15, 0.2) is 71.0 Å². The van der Waals surface area contributed by atoms with Crippen LogP contribution in [0.1, 0.15) is 90.2 Å². The number of Topliss-reactive ketones (excluding diaryl/α,β-unsaturated/α-hetero) is 2. The fourth-order valence-electron chi connectivity index (χ4n) is 5.35. The molecule has 14 nitrogen and oxygen atoms in total. The van der Waals surface area contributed by atoms with Gasteiger partial charge in [-0.25, -0.2) is 50.3 Å². The Bertz CT molecular complexity index is 2790. The monoisotopic (exact) mass is 1000 g/mol. The van der Waals surface area contributed by atoms with E-state index in [1.165, 1.54) is 12.4 Å². The number of nitrogens with one attached hydrogen (secondary N) is 1. The molecule has 0 aliphatic heterocycles. The minimum Gasteiger partial charge on any atom is -0.325 e. The van der Waals surface area contributed by atoms with Gasteiger partial charge in [-0.15, -0.1) is 22.7 Å². The van der Waals surface area contributed by atoms with E-state index in [9.17, 15) is 35.2 Å². The molecule has 0 aliphatic rings. The van der Waals surface area contributed by atoms with Gasteiger partial charge in [-0.05, 0) is 75.9 Å². The zero-order chi connectivity index (χ0) is 46.5. The van der Waals surface area contributed by atoms with Crippen LogP contribution < -0.4 is 10.5 Å². The smallest absolute Gasteiger partial charge is 0.261 e. The number of ketones is 2. The highest BCUT2D eigenvalue weighted by molar-refractivity contribution is 8.13. The van der Waals surface area contributed by atoms with Gasteiger partial charge in [-0.3, -0.25) is 19.6 Å². The lowest BCUT2D eigenvalue weighted by Gasteiger charge is -2.10. The summed E-state index contributed by atoms with van der Waals surface area (Å²) in [6, 6.07) is 6.10. The first-order valence-electron chi connectivity index (χ1n) is 18.9. The summed E-state index contributed by atoms with van der Waals surface area (Å²) in [6.45, 7) is 7.92. The summed E-state index contributed by atoms with van der Waals surface area (Å²) in [5, 5.41) is 1.42. The van der Waals surface area contributed by atoms with Crippen molar-refractivity contribution in [3.8, 4) is 0 Å². The van der Waals surface area contributed by atoms with Crippen LogP contribution in [0.5, 0.6) is 0 Å². The van der Waals surface area contributed by atoms with Crippen LogP contribution in [-0.2, 0) is 57.8 Å². The molecule has 3 N–H and O–H groups in total. The van der Waals surface area contributed by atoms with Crippen LogP contribution in [0.2, 0.25) is 10.0 Å². The summed E-state index contributed by atoms with van der Waals surface area (Å²) in [5.74, 6) is -1.51. The second-order valence-corrected chi connectivity index (χ2v) is 20.9. The summed E-state index contributed by atoms with van der Waals surface area (Å²) >= 11 is 14.2. The number of halogens is 5. The van der Waals surface area contributed by atoms with E-state index in [4.69, 9.17) is 39.6 Å². The summed E-state index contributed by atoms with van der Waals surface area (Å²) in [6.07, 6.45) is 9.68. The van der Waals surface area contributed by atoms with Crippen molar-refractivity contribution in [1.82, 2.24) is 34.6 Å². The normalized spacial score (nSPS) is 11.3. The lowest BCUT2D eigenvalue weighted by Crippen LogP contribution is -2.25. The van der Waals surface area contributed by atoms with E-state index < -0.39 is 30.7 Å². The molecule has 0 unspecified atom stereocenters. The van der Waals surface area contributed by atoms with Crippen molar-refractivity contribution in [3.05, 3.63) is 137 Å². The molecular formula is C40H41Cl3F2N8O6S4. The molecule has 0 aliphatic carbocycles. The van der Waals surface area contributed by atoms with Crippen molar-refractivity contribution >= 4 is 87.2 Å². The molecule has 0 spiro atoms. The molecule has 0 amide bonds. The van der Waals surface area contributed by atoms with Gasteiger partial charge in [0, 0.05) is 52.2 Å². The maximum atomic E-state index is 13.3. The number of rotatable bonds is 16. The molecule has 0 bridgehead atoms. The Balaban J connectivity index is 0.000000232. The quantitative estimate of drug-likeness (QED) is 0.0689. The molecule has 63 heavy (non-hydrogen) atoms. The average Bonchev–Trinajstić information content (AvgIpc) is 3.89. The lowest BCUT2D eigenvalue weighted by molar-refractivity contribution is 0.0969. The van der Waals surface area contributed by atoms with Gasteiger partial charge < -0.3 is 5.73 Å². The SMILES string of the molecule is CCc1nc(C(=O)CCc2cnc(C)s2)cnc1CN.CCc1nc(C(=O)CCc2cnc(C)s2)cnc1CNS(=O)(=O)c1ccc(F)c(Cl)c1.O=S(=O)(Cl)c1ccc(F)c(Cl)c1. The van der Waals surface area contributed by atoms with Gasteiger partial charge >= 0.3 is 0 Å². The summed E-state index contributed by atoms with van der Waals surface area (Å²) in [4.78, 5) is 52.0. The van der Waals surface area contributed by atoms with E-state index in [0.717, 1.165) is 74.0 Å². The van der Waals surface area contributed by atoms with Gasteiger partial charge in [-0.2, -0.15) is 0 Å². The lowest BCUT2D eigenvalue weighted by atomic mass is 10.1. The molecule has 6 rings (SSSR count). The number of sulfonamides is 1. The Morgan fingerprint density at radius 3 is 1.54 bits per heavy atom. The van der Waals surface area contributed by atoms with Gasteiger partial charge in [0.2, 0.25) is 10.0 Å². The standard InChI is InChI=1S/C20H20ClFN4O3S2.C14H18N4OS.C6H3Cl2FO2S/c1-3-17-18(11-25-31(28,29)14-5-6-16(22)15(21)8-14)24-10-19(26-17)20(27)7-4-13-9-23-12(2)30-13;1-3-11-12(6-15)17-8-13(18-11)14(19)5-4-10-7-16-9(2)20-10;7-5-3-4(12(8,10)11)1-2-6(5)9/h5-6,8-10,25H,3-4,7,11H2,1-2H3;7-8H,3-6,15H2,1-2H3;1-3H. The zero-order valence-electron chi connectivity index (χ0n) is 34.2. The molecule has 23 heteroatoms. The number of thiazole rings is 2. The Hall–Kier alpha value is -4.25. The van der Waals surface area contributed by atoms with Gasteiger partial charge in [0.1, 0.15) is 23.0 Å². The third-order valence-electron chi connectivity index (χ3n) is 8.64. The predicted octanol–water partition coefficient (Wildman–Crippen LogP) is 8.38. The van der Waals surface area contributed by atoms with Crippen molar-refractivity contribution in [1.29, 1.82) is 0 Å². The number of benzene rings is 2. The minimum absolute atomic E-state index is 0.0156. The molecule has 4 aromatic heterocycles. The Kier molecular flexibility index (Phi) is 19.3. The van der Waals surface area contributed by atoms with Crippen molar-refractivity contribution < 1.29 is 35.2 Å². The van der Waals surface area contributed by atoms with Crippen molar-refractivity contribution in [2.45, 2.75) is 89.1 Å². The maximum Gasteiger partial charge on any atom is 0.261 e. The second-order valence-electron chi connectivity index (χ2n) is 13.2. The molecule has 2 aromatic carbocycles. The van der Waals surface area contributed by atoms with Crippen LogP contribution in [0.3, 0.4) is 0 Å². The van der Waals surface area contributed by atoms with Crippen molar-refractivity contribution in [3.63, 3.8) is 0 Å². The zero-order valence-corrected chi connectivity index (χ0v) is 39.7. The fourth-order valence-corrected chi connectivity index (χ4v) is 9.22. The van der Waals surface area contributed by atoms with Crippen LogP contribution >= 0.6 is 56.6 Å². The summed E-state index contributed by atoms with van der Waals surface area (Å²) in [5.41, 5.74) is 8.79. The Labute approximate surface area is 386 Å². The third kappa shape index (κ3) is 15.5. The molecule has 0 saturated carbocycles. The van der Waals surface area contributed by atoms with Crippen molar-refractivity contribution in [2.24, 2.45) is 5.73 Å². The number of hydrogen-bond donors (Lipinski definition) is 2. The number of carbonyl (C=O) groups is 2. The van der Waals surface area contributed by atoms with Crippen LogP contribution in [0.25, 0.3) is 0 Å². The molecule has 0 atom stereocenters. The molecule has 0 saturated heterocycles. The number of nitrogens with two attached hydrogens (primary N) is 1. The van der Waals surface area contributed by atoms with Crippen LogP contribution in [-0.4, -0.2) is 58.3 Å². The van der Waals surface area contributed by atoms with Gasteiger partial charge in [0.15, 0.2) is 11.6 Å². The molecule has 4 heterocycles. The second kappa shape index (κ2) is 23.6. The van der Waals surface area contributed by atoms with Crippen LogP contribution in [0, 0.1) is 25.5 Å². The molecular weight excluding hydrogens is 961 g/mol. The average molecular weight is 1000 g/mol. The summed E-state index contributed by atoms with van der Waals surface area (Å²) in [7, 11) is -2.77. The van der Waals surface area contributed by atoms with Gasteiger partial charge in [0.05, 0.1) is 71.6 Å². The minimum atomic E-state index is -3.93. The maximum absolute atomic E-state index is 13.3. The van der Waals surface area contributed by atoms with E-state index in [1.54, 1.807) is 28.9 Å². The Morgan fingerprint density at radius 1 is 0.683 bits per heavy atom. The van der Waals surface area contributed by atoms with E-state index in [1.807, 2.05) is 33.9 Å². The van der Waals surface area contributed by atoms with Crippen LogP contribution in [0.4, 0.5) is 8.78 Å². The predicted molar refractivity (Wildman–Crippen MR) is 240 cm³/mol. The van der Waals surface area contributed by atoms with Gasteiger partial charge in [0.25, 0.3) is 9.05 Å².